The van der Waals surface area contributed by atoms with Crippen LogP contribution in [0.2, 0.25) is 0 Å². The predicted octanol–water partition coefficient (Wildman–Crippen LogP) is 0.744. The molecule has 0 aliphatic heterocycles. The van der Waals surface area contributed by atoms with E-state index < -0.39 is 0 Å². The first-order valence-corrected chi connectivity index (χ1v) is 4.95. The molecule has 72 valence electrons. The normalized spacial score (nSPS) is 21.5. The van der Waals surface area contributed by atoms with Gasteiger partial charge in [0.2, 0.25) is 0 Å². The van der Waals surface area contributed by atoms with E-state index in [9.17, 15) is 0 Å². The van der Waals surface area contributed by atoms with Gasteiger partial charge in [0.1, 0.15) is 0 Å². The zero-order valence-electron chi connectivity index (χ0n) is 8.38. The van der Waals surface area contributed by atoms with E-state index in [0.29, 0.717) is 0 Å². The smallest absolute Gasteiger partial charge is 0.0524 e. The zero-order valence-corrected chi connectivity index (χ0v) is 8.38. The molecule has 0 fully saturated rings. The summed E-state index contributed by atoms with van der Waals surface area (Å²) in [5.74, 6) is 0.799. The molecule has 0 aromatic carbocycles. The first kappa shape index (κ1) is 8.75. The molecule has 13 heavy (non-hydrogen) atoms. The van der Waals surface area contributed by atoms with Gasteiger partial charge in [0, 0.05) is 12.7 Å². The minimum Gasteiger partial charge on any atom is -0.319 e. The summed E-state index contributed by atoms with van der Waals surface area (Å²) in [4.78, 5) is 0. The lowest BCUT2D eigenvalue weighted by atomic mass is 9.88. The lowest BCUT2D eigenvalue weighted by Crippen LogP contribution is -2.25. The number of aryl methyl sites for hydroxylation is 2. The molecule has 1 aliphatic rings. The monoisotopic (exact) mass is 179 g/mol. The van der Waals surface area contributed by atoms with E-state index in [0.717, 1.165) is 12.5 Å². The third kappa shape index (κ3) is 1.61. The van der Waals surface area contributed by atoms with E-state index >= 15 is 0 Å². The van der Waals surface area contributed by atoms with Crippen LogP contribution in [-0.2, 0) is 19.9 Å². The highest BCUT2D eigenvalue weighted by atomic mass is 15.3. The summed E-state index contributed by atoms with van der Waals surface area (Å²) in [6.45, 7) is 1.13. The van der Waals surface area contributed by atoms with Crippen LogP contribution < -0.4 is 5.32 Å². The maximum Gasteiger partial charge on any atom is 0.0524 e. The van der Waals surface area contributed by atoms with Crippen molar-refractivity contribution in [2.24, 2.45) is 13.0 Å². The number of hydrogen-bond donors (Lipinski definition) is 1. The lowest BCUT2D eigenvalue weighted by Gasteiger charge is -2.22. The quantitative estimate of drug-likeness (QED) is 0.726. The summed E-state index contributed by atoms with van der Waals surface area (Å²) in [7, 11) is 4.07. The highest BCUT2D eigenvalue weighted by molar-refractivity contribution is 5.21. The van der Waals surface area contributed by atoms with E-state index in [1.165, 1.54) is 30.5 Å². The molecule has 1 N–H and O–H groups in total. The van der Waals surface area contributed by atoms with Crippen molar-refractivity contribution in [1.82, 2.24) is 15.1 Å². The summed E-state index contributed by atoms with van der Waals surface area (Å²) in [6.07, 6.45) is 5.71. The Labute approximate surface area is 79.1 Å². The van der Waals surface area contributed by atoms with E-state index in [1.54, 1.807) is 0 Å². The molecule has 0 bridgehead atoms. The Balaban J connectivity index is 2.13. The average molecular weight is 179 g/mol. The first-order valence-electron chi connectivity index (χ1n) is 4.95. The second-order valence-electron chi connectivity index (χ2n) is 3.91. The topological polar surface area (TPSA) is 29.9 Å². The van der Waals surface area contributed by atoms with Crippen LogP contribution in [0.15, 0.2) is 6.20 Å². The van der Waals surface area contributed by atoms with Crippen LogP contribution in [0, 0.1) is 5.92 Å². The summed E-state index contributed by atoms with van der Waals surface area (Å²) in [6, 6.07) is 0. The molecule has 1 aromatic rings. The van der Waals surface area contributed by atoms with Crippen LogP contribution in [-0.4, -0.2) is 23.4 Å². The zero-order chi connectivity index (χ0) is 9.26. The van der Waals surface area contributed by atoms with Crippen LogP contribution in [0.4, 0.5) is 0 Å². The molecular weight excluding hydrogens is 162 g/mol. The fraction of sp³-hybridized carbons (Fsp3) is 0.700. The van der Waals surface area contributed by atoms with Crippen molar-refractivity contribution >= 4 is 0 Å². The van der Waals surface area contributed by atoms with Crippen molar-refractivity contribution in [3.63, 3.8) is 0 Å². The third-order valence-electron chi connectivity index (χ3n) is 2.94. The number of nitrogens with one attached hydrogen (secondary N) is 1. The Kier molecular flexibility index (Phi) is 2.36. The standard InChI is InChI=1S/C10H17N3/c1-11-6-8-3-4-9-7-12-13(2)10(9)5-8/h7-8,11H,3-6H2,1-2H3. The van der Waals surface area contributed by atoms with Gasteiger partial charge in [0.05, 0.1) is 6.20 Å². The van der Waals surface area contributed by atoms with Crippen molar-refractivity contribution in [3.05, 3.63) is 17.5 Å². The Morgan fingerprint density at radius 3 is 3.31 bits per heavy atom. The second kappa shape index (κ2) is 3.50. The van der Waals surface area contributed by atoms with Crippen molar-refractivity contribution in [2.75, 3.05) is 13.6 Å². The molecule has 0 saturated heterocycles. The van der Waals surface area contributed by atoms with Crippen molar-refractivity contribution in [2.45, 2.75) is 19.3 Å². The Hall–Kier alpha value is -0.830. The number of fused-ring (bicyclic) bond motifs is 1. The Morgan fingerprint density at radius 2 is 2.54 bits per heavy atom. The molecule has 1 heterocycles. The number of rotatable bonds is 2. The van der Waals surface area contributed by atoms with Gasteiger partial charge >= 0.3 is 0 Å². The number of aromatic nitrogens is 2. The molecular formula is C10H17N3. The predicted molar refractivity (Wildman–Crippen MR) is 52.6 cm³/mol. The summed E-state index contributed by atoms with van der Waals surface area (Å²) >= 11 is 0. The summed E-state index contributed by atoms with van der Waals surface area (Å²) < 4.78 is 2.02. The summed E-state index contributed by atoms with van der Waals surface area (Å²) in [5.41, 5.74) is 2.89. The van der Waals surface area contributed by atoms with Crippen molar-refractivity contribution in [3.8, 4) is 0 Å². The number of hydrogen-bond acceptors (Lipinski definition) is 2. The SMILES string of the molecule is CNCC1CCc2cnn(C)c2C1. The molecule has 1 unspecified atom stereocenters. The molecule has 1 aromatic heterocycles. The molecule has 1 atom stereocenters. The van der Waals surface area contributed by atoms with Crippen LogP contribution in [0.5, 0.6) is 0 Å². The summed E-state index contributed by atoms with van der Waals surface area (Å²) in [5, 5.41) is 7.54. The van der Waals surface area contributed by atoms with Gasteiger partial charge in [-0.2, -0.15) is 5.10 Å². The van der Waals surface area contributed by atoms with Crippen molar-refractivity contribution in [1.29, 1.82) is 0 Å². The second-order valence-corrected chi connectivity index (χ2v) is 3.91. The maximum atomic E-state index is 4.29. The molecule has 1 aliphatic carbocycles. The molecule has 3 heteroatoms. The van der Waals surface area contributed by atoms with E-state index in [4.69, 9.17) is 0 Å². The fourth-order valence-electron chi connectivity index (χ4n) is 2.18. The van der Waals surface area contributed by atoms with Gasteiger partial charge < -0.3 is 5.32 Å². The number of nitrogens with zero attached hydrogens (tertiary/aromatic N) is 2. The minimum absolute atomic E-state index is 0.799. The molecule has 0 spiro atoms. The van der Waals surface area contributed by atoms with E-state index in [2.05, 4.69) is 10.4 Å². The largest absolute Gasteiger partial charge is 0.319 e. The Bertz CT molecular complexity index is 290. The van der Waals surface area contributed by atoms with Gasteiger partial charge in [-0.25, -0.2) is 0 Å². The van der Waals surface area contributed by atoms with Gasteiger partial charge in [-0.05, 0) is 44.3 Å². The minimum atomic E-state index is 0.799. The highest BCUT2D eigenvalue weighted by Crippen LogP contribution is 2.24. The molecule has 0 saturated carbocycles. The van der Waals surface area contributed by atoms with Crippen LogP contribution >= 0.6 is 0 Å². The van der Waals surface area contributed by atoms with Gasteiger partial charge in [-0.1, -0.05) is 0 Å². The fourth-order valence-corrected chi connectivity index (χ4v) is 2.18. The molecule has 0 radical (unpaired) electrons. The molecule has 2 rings (SSSR count). The first-order chi connectivity index (χ1) is 6.31. The maximum absolute atomic E-state index is 4.29. The van der Waals surface area contributed by atoms with Gasteiger partial charge in [0.25, 0.3) is 0 Å². The van der Waals surface area contributed by atoms with Crippen LogP contribution in [0.1, 0.15) is 17.7 Å². The van der Waals surface area contributed by atoms with E-state index in [1.807, 2.05) is 25.0 Å². The van der Waals surface area contributed by atoms with E-state index in [-0.39, 0.29) is 0 Å². The van der Waals surface area contributed by atoms with Gasteiger partial charge in [0.15, 0.2) is 0 Å². The highest BCUT2D eigenvalue weighted by Gasteiger charge is 2.20. The van der Waals surface area contributed by atoms with Gasteiger partial charge in [-0.3, -0.25) is 4.68 Å². The van der Waals surface area contributed by atoms with Gasteiger partial charge in [-0.15, -0.1) is 0 Å². The average Bonchev–Trinajstić information content (AvgIpc) is 2.49. The third-order valence-corrected chi connectivity index (χ3v) is 2.94. The lowest BCUT2D eigenvalue weighted by molar-refractivity contribution is 0.427. The van der Waals surface area contributed by atoms with Crippen LogP contribution in [0.3, 0.4) is 0 Å². The Morgan fingerprint density at radius 1 is 1.69 bits per heavy atom. The molecule has 3 nitrogen and oxygen atoms in total. The van der Waals surface area contributed by atoms with Crippen LogP contribution in [0.25, 0.3) is 0 Å². The van der Waals surface area contributed by atoms with Crippen molar-refractivity contribution < 1.29 is 0 Å². The molecule has 0 amide bonds.